The Morgan fingerprint density at radius 2 is 1.50 bits per heavy atom. The van der Waals surface area contributed by atoms with E-state index in [1.807, 2.05) is 36.4 Å². The summed E-state index contributed by atoms with van der Waals surface area (Å²) in [6, 6.07) is 14.8. The van der Waals surface area contributed by atoms with Gasteiger partial charge >= 0.3 is 0 Å². The lowest BCUT2D eigenvalue weighted by Crippen LogP contribution is -2.48. The summed E-state index contributed by atoms with van der Waals surface area (Å²) >= 11 is 5.92. The molecule has 24 heavy (non-hydrogen) atoms. The lowest BCUT2D eigenvalue weighted by molar-refractivity contribution is 0.385. The van der Waals surface area contributed by atoms with Crippen LogP contribution in [-0.4, -0.2) is 38.9 Å². The van der Waals surface area contributed by atoms with Gasteiger partial charge in [-0.1, -0.05) is 30.7 Å². The van der Waals surface area contributed by atoms with Crippen molar-refractivity contribution in [2.24, 2.45) is 0 Å². The molecular weight excluding hydrogens is 344 g/mol. The molecule has 0 bridgehead atoms. The zero-order valence-electron chi connectivity index (χ0n) is 13.7. The van der Waals surface area contributed by atoms with Crippen molar-refractivity contribution in [1.29, 1.82) is 0 Å². The van der Waals surface area contributed by atoms with Crippen molar-refractivity contribution in [3.63, 3.8) is 0 Å². The summed E-state index contributed by atoms with van der Waals surface area (Å²) in [4.78, 5) is 2.56. The fourth-order valence-corrected chi connectivity index (χ4v) is 4.43. The van der Waals surface area contributed by atoms with Crippen LogP contribution in [0.15, 0.2) is 53.4 Å². The van der Waals surface area contributed by atoms with Gasteiger partial charge in [-0.2, -0.15) is 4.31 Å². The van der Waals surface area contributed by atoms with Gasteiger partial charge in [-0.05, 0) is 48.4 Å². The van der Waals surface area contributed by atoms with Crippen LogP contribution >= 0.6 is 11.6 Å². The first-order chi connectivity index (χ1) is 11.5. The summed E-state index contributed by atoms with van der Waals surface area (Å²) in [7, 11) is -3.41. The Morgan fingerprint density at radius 3 is 2.04 bits per heavy atom. The highest BCUT2D eigenvalue weighted by atomic mass is 35.5. The SMILES string of the molecule is CCc1ccc(S(=O)(=O)N2CCN(c3ccc(Cl)cc3)CC2)cc1. The van der Waals surface area contributed by atoms with Gasteiger partial charge < -0.3 is 4.90 Å². The van der Waals surface area contributed by atoms with Gasteiger partial charge in [-0.3, -0.25) is 0 Å². The Morgan fingerprint density at radius 1 is 0.917 bits per heavy atom. The molecule has 3 rings (SSSR count). The maximum Gasteiger partial charge on any atom is 0.243 e. The van der Waals surface area contributed by atoms with Crippen molar-refractivity contribution in [2.45, 2.75) is 18.2 Å². The molecule has 0 radical (unpaired) electrons. The number of rotatable bonds is 4. The van der Waals surface area contributed by atoms with Crippen LogP contribution in [0.1, 0.15) is 12.5 Å². The van der Waals surface area contributed by atoms with Crippen LogP contribution in [0.25, 0.3) is 0 Å². The summed E-state index contributed by atoms with van der Waals surface area (Å²) in [6.07, 6.45) is 0.903. The molecule has 0 atom stereocenters. The Hall–Kier alpha value is -1.56. The molecule has 0 aromatic heterocycles. The second-order valence-electron chi connectivity index (χ2n) is 5.87. The molecule has 0 unspecified atom stereocenters. The molecule has 0 N–H and O–H groups in total. The lowest BCUT2D eigenvalue weighted by atomic mass is 10.2. The highest BCUT2D eigenvalue weighted by Gasteiger charge is 2.28. The summed E-state index contributed by atoms with van der Waals surface area (Å²) < 4.78 is 27.1. The number of piperazine rings is 1. The molecule has 0 amide bonds. The maximum absolute atomic E-state index is 12.8. The van der Waals surface area contributed by atoms with Gasteiger partial charge in [0.25, 0.3) is 0 Å². The van der Waals surface area contributed by atoms with Gasteiger partial charge in [0, 0.05) is 36.9 Å². The first-order valence-electron chi connectivity index (χ1n) is 8.10. The monoisotopic (exact) mass is 364 g/mol. The molecule has 2 aromatic carbocycles. The number of halogens is 1. The smallest absolute Gasteiger partial charge is 0.243 e. The number of hydrogen-bond acceptors (Lipinski definition) is 3. The van der Waals surface area contributed by atoms with Gasteiger partial charge in [0.05, 0.1) is 4.90 Å². The van der Waals surface area contributed by atoms with E-state index in [0.29, 0.717) is 36.1 Å². The number of benzene rings is 2. The Balaban J connectivity index is 1.69. The van der Waals surface area contributed by atoms with Crippen molar-refractivity contribution >= 4 is 27.3 Å². The normalized spacial score (nSPS) is 16.3. The van der Waals surface area contributed by atoms with Gasteiger partial charge in [0.1, 0.15) is 0 Å². The van der Waals surface area contributed by atoms with E-state index in [1.165, 1.54) is 0 Å². The van der Waals surface area contributed by atoms with E-state index in [0.717, 1.165) is 17.7 Å². The Labute approximate surface area is 148 Å². The largest absolute Gasteiger partial charge is 0.369 e. The predicted octanol–water partition coefficient (Wildman–Crippen LogP) is 3.41. The van der Waals surface area contributed by atoms with E-state index >= 15 is 0 Å². The standard InChI is InChI=1S/C18H21ClN2O2S/c1-2-15-3-9-18(10-4-15)24(22,23)21-13-11-20(12-14-21)17-7-5-16(19)6-8-17/h3-10H,2,11-14H2,1H3. The van der Waals surface area contributed by atoms with E-state index in [2.05, 4.69) is 11.8 Å². The van der Waals surface area contributed by atoms with E-state index in [4.69, 9.17) is 11.6 Å². The van der Waals surface area contributed by atoms with Gasteiger partial charge in [-0.25, -0.2) is 8.42 Å². The second-order valence-corrected chi connectivity index (χ2v) is 8.24. The Bertz CT molecular complexity index is 781. The van der Waals surface area contributed by atoms with Crippen molar-refractivity contribution in [1.82, 2.24) is 4.31 Å². The fourth-order valence-electron chi connectivity index (χ4n) is 2.88. The molecule has 1 heterocycles. The predicted molar refractivity (Wildman–Crippen MR) is 98.2 cm³/mol. The minimum Gasteiger partial charge on any atom is -0.369 e. The molecule has 1 aliphatic rings. The van der Waals surface area contributed by atoms with E-state index in [1.54, 1.807) is 16.4 Å². The van der Waals surface area contributed by atoms with Crippen LogP contribution < -0.4 is 4.90 Å². The number of sulfonamides is 1. The van der Waals surface area contributed by atoms with Crippen molar-refractivity contribution < 1.29 is 8.42 Å². The number of aryl methyl sites for hydroxylation is 1. The first kappa shape index (κ1) is 17.3. The lowest BCUT2D eigenvalue weighted by Gasteiger charge is -2.35. The first-order valence-corrected chi connectivity index (χ1v) is 9.92. The van der Waals surface area contributed by atoms with Crippen LogP contribution in [0.3, 0.4) is 0 Å². The highest BCUT2D eigenvalue weighted by Crippen LogP contribution is 2.22. The molecule has 0 saturated carbocycles. The minimum absolute atomic E-state index is 0.375. The van der Waals surface area contributed by atoms with Crippen LogP contribution in [0.2, 0.25) is 5.02 Å². The molecule has 2 aromatic rings. The molecule has 0 spiro atoms. The van der Waals surface area contributed by atoms with Crippen molar-refractivity contribution in [2.75, 3.05) is 31.1 Å². The molecule has 1 saturated heterocycles. The van der Waals surface area contributed by atoms with Crippen LogP contribution in [0, 0.1) is 0 Å². The molecule has 1 fully saturated rings. The van der Waals surface area contributed by atoms with E-state index in [-0.39, 0.29) is 0 Å². The van der Waals surface area contributed by atoms with Crippen molar-refractivity contribution in [3.8, 4) is 0 Å². The zero-order chi connectivity index (χ0) is 17.2. The number of nitrogens with zero attached hydrogens (tertiary/aromatic N) is 2. The highest BCUT2D eigenvalue weighted by molar-refractivity contribution is 7.89. The average Bonchev–Trinajstić information content (AvgIpc) is 2.62. The zero-order valence-corrected chi connectivity index (χ0v) is 15.2. The van der Waals surface area contributed by atoms with Gasteiger partial charge in [0.15, 0.2) is 0 Å². The van der Waals surface area contributed by atoms with Crippen LogP contribution in [0.5, 0.6) is 0 Å². The summed E-state index contributed by atoms with van der Waals surface area (Å²) in [5.41, 5.74) is 2.21. The molecular formula is C18H21ClN2O2S. The Kier molecular flexibility index (Phi) is 5.13. The third kappa shape index (κ3) is 3.58. The number of anilines is 1. The van der Waals surface area contributed by atoms with Crippen LogP contribution in [-0.2, 0) is 16.4 Å². The second kappa shape index (κ2) is 7.13. The van der Waals surface area contributed by atoms with Gasteiger partial charge in [-0.15, -0.1) is 0 Å². The molecule has 6 heteroatoms. The third-order valence-electron chi connectivity index (χ3n) is 4.40. The van der Waals surface area contributed by atoms with E-state index < -0.39 is 10.0 Å². The topological polar surface area (TPSA) is 40.6 Å². The fraction of sp³-hybridized carbons (Fsp3) is 0.333. The minimum atomic E-state index is -3.41. The van der Waals surface area contributed by atoms with Crippen LogP contribution in [0.4, 0.5) is 5.69 Å². The summed E-state index contributed by atoms with van der Waals surface area (Å²) in [5, 5.41) is 0.704. The average molecular weight is 365 g/mol. The molecule has 4 nitrogen and oxygen atoms in total. The van der Waals surface area contributed by atoms with Gasteiger partial charge in [0.2, 0.25) is 10.0 Å². The molecule has 1 aliphatic heterocycles. The van der Waals surface area contributed by atoms with E-state index in [9.17, 15) is 8.42 Å². The molecule has 0 aliphatic carbocycles. The summed E-state index contributed by atoms with van der Waals surface area (Å²) in [6.45, 7) is 4.38. The quantitative estimate of drug-likeness (QED) is 0.834. The molecule has 128 valence electrons. The third-order valence-corrected chi connectivity index (χ3v) is 6.56. The van der Waals surface area contributed by atoms with Crippen molar-refractivity contribution in [3.05, 3.63) is 59.1 Å². The number of hydrogen-bond donors (Lipinski definition) is 0. The maximum atomic E-state index is 12.8. The summed E-state index contributed by atoms with van der Waals surface area (Å²) in [5.74, 6) is 0.